The van der Waals surface area contributed by atoms with Gasteiger partial charge in [-0.3, -0.25) is 0 Å². The van der Waals surface area contributed by atoms with E-state index in [4.69, 9.17) is 4.42 Å². The van der Waals surface area contributed by atoms with Gasteiger partial charge in [-0.05, 0) is 18.2 Å². The molecule has 19 heavy (non-hydrogen) atoms. The number of oxazole rings is 1. The van der Waals surface area contributed by atoms with E-state index in [1.165, 1.54) is 0 Å². The number of para-hydroxylation sites is 1. The second-order valence-corrected chi connectivity index (χ2v) is 4.60. The number of aromatic nitrogens is 1. The Labute approximate surface area is 112 Å². The molecule has 0 saturated carbocycles. The van der Waals surface area contributed by atoms with Crippen molar-refractivity contribution in [2.24, 2.45) is 0 Å². The molecule has 2 nitrogen and oxygen atoms in total. The molecular weight excluding hydrogens is 234 g/mol. The predicted octanol–water partition coefficient (Wildman–Crippen LogP) is 4.78. The van der Waals surface area contributed by atoms with Gasteiger partial charge in [-0.25, -0.2) is 4.98 Å². The maximum atomic E-state index is 5.95. The summed E-state index contributed by atoms with van der Waals surface area (Å²) >= 11 is 0. The van der Waals surface area contributed by atoms with Gasteiger partial charge in [-0.1, -0.05) is 43.3 Å². The highest BCUT2D eigenvalue weighted by molar-refractivity contribution is 5.80. The third-order valence-corrected chi connectivity index (χ3v) is 3.31. The Bertz CT molecular complexity index is 712. The van der Waals surface area contributed by atoms with Crippen LogP contribution in [-0.2, 0) is 0 Å². The van der Waals surface area contributed by atoms with Crippen LogP contribution in [0.4, 0.5) is 0 Å². The first-order valence-electron chi connectivity index (χ1n) is 6.37. The normalized spacial score (nSPS) is 12.5. The topological polar surface area (TPSA) is 26.0 Å². The van der Waals surface area contributed by atoms with Crippen molar-refractivity contribution in [2.75, 3.05) is 0 Å². The highest BCUT2D eigenvalue weighted by Crippen LogP contribution is 2.30. The van der Waals surface area contributed by atoms with E-state index in [1.54, 1.807) is 0 Å². The largest absolute Gasteiger partial charge is 0.436 e. The fourth-order valence-corrected chi connectivity index (χ4v) is 2.16. The van der Waals surface area contributed by atoms with Gasteiger partial charge in [0.25, 0.3) is 0 Å². The zero-order valence-electron chi connectivity index (χ0n) is 10.8. The van der Waals surface area contributed by atoms with E-state index in [-0.39, 0.29) is 5.92 Å². The minimum Gasteiger partial charge on any atom is -0.436 e. The summed E-state index contributed by atoms with van der Waals surface area (Å²) in [5.74, 6) is 0.916. The monoisotopic (exact) mass is 249 g/mol. The fourth-order valence-electron chi connectivity index (χ4n) is 2.16. The first kappa shape index (κ1) is 11.7. The molecule has 0 aliphatic heterocycles. The standard InChI is InChI=1S/C17H15NO/c1-3-12(2)14-10-7-11-15-16(14)19-17(18-15)13-8-5-4-6-9-13/h3-12H,1H2,2H3/t12-/m0/s1. The van der Waals surface area contributed by atoms with Gasteiger partial charge in [0.1, 0.15) is 5.52 Å². The van der Waals surface area contributed by atoms with Crippen LogP contribution in [0.15, 0.2) is 65.6 Å². The number of rotatable bonds is 3. The van der Waals surface area contributed by atoms with Crippen LogP contribution in [0.5, 0.6) is 0 Å². The van der Waals surface area contributed by atoms with Crippen molar-refractivity contribution in [3.05, 3.63) is 66.7 Å². The summed E-state index contributed by atoms with van der Waals surface area (Å²) in [6.07, 6.45) is 1.92. The molecule has 3 aromatic rings. The molecule has 0 aliphatic rings. The summed E-state index contributed by atoms with van der Waals surface area (Å²) in [6, 6.07) is 16.0. The fraction of sp³-hybridized carbons (Fsp3) is 0.118. The molecule has 2 heteroatoms. The number of allylic oxidation sites excluding steroid dienone is 1. The molecule has 0 unspecified atom stereocenters. The van der Waals surface area contributed by atoms with E-state index in [9.17, 15) is 0 Å². The average Bonchev–Trinajstić information content (AvgIpc) is 2.91. The summed E-state index contributed by atoms with van der Waals surface area (Å²) in [4.78, 5) is 4.56. The number of benzene rings is 2. The van der Waals surface area contributed by atoms with E-state index in [1.807, 2.05) is 48.5 Å². The lowest BCUT2D eigenvalue weighted by molar-refractivity contribution is 0.614. The Balaban J connectivity index is 2.19. The molecule has 0 spiro atoms. The van der Waals surface area contributed by atoms with Gasteiger partial charge < -0.3 is 4.42 Å². The van der Waals surface area contributed by atoms with Gasteiger partial charge in [0, 0.05) is 17.0 Å². The summed E-state index contributed by atoms with van der Waals surface area (Å²) in [6.45, 7) is 5.95. The van der Waals surface area contributed by atoms with Crippen molar-refractivity contribution < 1.29 is 4.42 Å². The molecule has 3 rings (SSSR count). The summed E-state index contributed by atoms with van der Waals surface area (Å²) < 4.78 is 5.95. The molecule has 1 heterocycles. The zero-order chi connectivity index (χ0) is 13.2. The van der Waals surface area contributed by atoms with Gasteiger partial charge >= 0.3 is 0 Å². The second kappa shape index (κ2) is 4.73. The maximum Gasteiger partial charge on any atom is 0.227 e. The summed E-state index contributed by atoms with van der Waals surface area (Å²) in [5, 5.41) is 0. The molecule has 94 valence electrons. The van der Waals surface area contributed by atoms with Gasteiger partial charge in [0.15, 0.2) is 5.58 Å². The Morgan fingerprint density at radius 2 is 1.89 bits per heavy atom. The molecule has 0 N–H and O–H groups in total. The van der Waals surface area contributed by atoms with Crippen LogP contribution in [-0.4, -0.2) is 4.98 Å². The van der Waals surface area contributed by atoms with Gasteiger partial charge in [-0.15, -0.1) is 6.58 Å². The van der Waals surface area contributed by atoms with Crippen molar-refractivity contribution >= 4 is 11.1 Å². The smallest absolute Gasteiger partial charge is 0.227 e. The third kappa shape index (κ3) is 2.06. The van der Waals surface area contributed by atoms with Gasteiger partial charge in [0.05, 0.1) is 0 Å². The van der Waals surface area contributed by atoms with Crippen LogP contribution in [0.25, 0.3) is 22.6 Å². The highest BCUT2D eigenvalue weighted by Gasteiger charge is 2.13. The van der Waals surface area contributed by atoms with Gasteiger partial charge in [0.2, 0.25) is 5.89 Å². The highest BCUT2D eigenvalue weighted by atomic mass is 16.3. The number of fused-ring (bicyclic) bond motifs is 1. The second-order valence-electron chi connectivity index (χ2n) is 4.60. The Morgan fingerprint density at radius 3 is 2.63 bits per heavy atom. The summed E-state index contributed by atoms with van der Waals surface area (Å²) in [5.41, 5.74) is 3.87. The lowest BCUT2D eigenvalue weighted by atomic mass is 10.0. The molecule has 0 amide bonds. The maximum absolute atomic E-state index is 5.95. The van der Waals surface area contributed by atoms with Crippen molar-refractivity contribution in [3.8, 4) is 11.5 Å². The van der Waals surface area contributed by atoms with Crippen LogP contribution in [0.3, 0.4) is 0 Å². The van der Waals surface area contributed by atoms with Crippen LogP contribution in [0, 0.1) is 0 Å². The van der Waals surface area contributed by atoms with Crippen LogP contribution >= 0.6 is 0 Å². The Morgan fingerprint density at radius 1 is 1.11 bits per heavy atom. The van der Waals surface area contributed by atoms with Crippen LogP contribution in [0.2, 0.25) is 0 Å². The molecule has 1 aromatic heterocycles. The molecule has 0 fully saturated rings. The van der Waals surface area contributed by atoms with Crippen molar-refractivity contribution in [1.82, 2.24) is 4.98 Å². The summed E-state index contributed by atoms with van der Waals surface area (Å²) in [7, 11) is 0. The van der Waals surface area contributed by atoms with Crippen LogP contribution < -0.4 is 0 Å². The lowest BCUT2D eigenvalue weighted by Gasteiger charge is -2.05. The molecule has 0 radical (unpaired) electrons. The number of nitrogens with zero attached hydrogens (tertiary/aromatic N) is 1. The predicted molar refractivity (Wildman–Crippen MR) is 78.1 cm³/mol. The molecule has 0 bridgehead atoms. The molecule has 0 aliphatic carbocycles. The minimum absolute atomic E-state index is 0.250. The van der Waals surface area contributed by atoms with E-state index in [2.05, 4.69) is 24.6 Å². The van der Waals surface area contributed by atoms with Crippen molar-refractivity contribution in [3.63, 3.8) is 0 Å². The Hall–Kier alpha value is -2.35. The average molecular weight is 249 g/mol. The van der Waals surface area contributed by atoms with E-state index in [0.29, 0.717) is 5.89 Å². The minimum atomic E-state index is 0.250. The third-order valence-electron chi connectivity index (χ3n) is 3.31. The SMILES string of the molecule is C=C[C@H](C)c1cccc2nc(-c3ccccc3)oc12. The number of hydrogen-bond donors (Lipinski definition) is 0. The zero-order valence-corrected chi connectivity index (χ0v) is 10.8. The molecule has 1 atom stereocenters. The Kier molecular flexibility index (Phi) is 2.92. The quantitative estimate of drug-likeness (QED) is 0.624. The number of hydrogen-bond acceptors (Lipinski definition) is 2. The van der Waals surface area contributed by atoms with Gasteiger partial charge in [-0.2, -0.15) is 0 Å². The first-order chi connectivity index (χ1) is 9.29. The molecule has 2 aromatic carbocycles. The van der Waals surface area contributed by atoms with E-state index >= 15 is 0 Å². The molecular formula is C17H15NO. The van der Waals surface area contributed by atoms with E-state index in [0.717, 1.165) is 22.2 Å². The molecule has 0 saturated heterocycles. The van der Waals surface area contributed by atoms with Crippen molar-refractivity contribution in [1.29, 1.82) is 0 Å². The first-order valence-corrected chi connectivity index (χ1v) is 6.37. The lowest BCUT2D eigenvalue weighted by Crippen LogP contribution is -1.88. The van der Waals surface area contributed by atoms with Crippen LogP contribution in [0.1, 0.15) is 18.4 Å². The van der Waals surface area contributed by atoms with Crippen molar-refractivity contribution in [2.45, 2.75) is 12.8 Å². The van der Waals surface area contributed by atoms with E-state index < -0.39 is 0 Å².